The Labute approximate surface area is 303 Å². The van der Waals surface area contributed by atoms with Crippen LogP contribution in [-0.4, -0.2) is 65.8 Å². The number of nitrogen functional groups attached to an aromatic ring is 1. The molecule has 1 aromatic heterocycles. The predicted molar refractivity (Wildman–Crippen MR) is 191 cm³/mol. The van der Waals surface area contributed by atoms with Crippen molar-refractivity contribution in [3.05, 3.63) is 83.8 Å². The molecular weight excluding hydrogens is 722 g/mol. The number of carboxylic acid groups (broad SMARTS) is 1. The average Bonchev–Trinajstić information content (AvgIpc) is 3.58. The van der Waals surface area contributed by atoms with E-state index in [0.717, 1.165) is 10.8 Å². The Morgan fingerprint density at radius 2 is 1.74 bits per heavy atom. The number of amides is 2. The van der Waals surface area contributed by atoms with Gasteiger partial charge in [-0.3, -0.25) is 9.59 Å². The minimum Gasteiger partial charge on any atom is -0.491 e. The van der Waals surface area contributed by atoms with Crippen molar-refractivity contribution in [1.82, 2.24) is 9.88 Å². The van der Waals surface area contributed by atoms with E-state index < -0.39 is 45.1 Å². The summed E-state index contributed by atoms with van der Waals surface area (Å²) in [5, 5.41) is 14.1. The summed E-state index contributed by atoms with van der Waals surface area (Å²) in [4.78, 5) is 41.3. The minimum atomic E-state index is -5.08. The molecular formula is C36H39F4N5O7S. The quantitative estimate of drug-likeness (QED) is 0.128. The molecule has 0 saturated carbocycles. The maximum atomic E-state index is 14.6. The monoisotopic (exact) mass is 761 g/mol. The number of carbonyl (C=O) groups excluding carboxylic acids is 2. The highest BCUT2D eigenvalue weighted by Crippen LogP contribution is 2.40. The Morgan fingerprint density at radius 1 is 1.06 bits per heavy atom. The molecule has 17 heteroatoms. The standard InChI is InChI=1S/C34H38FN5O5S.C2HF3O2/c1-5-45-30-18-23(8-12-28(30)35)32(39-24-9-11-26-22(17-24)14-15-37-33(26)36)34(42)40-16-6-7-29(40)27-19-25(38-21(4)41)10-13-31(27)46(43,44)20(2)3;3-2(4,5)1(6)7/h8-15,17-20,29,32,39H,5-7,16H2,1-4H3,(H2,36,37)(H,38,41);(H,6,7). The van der Waals surface area contributed by atoms with E-state index >= 15 is 0 Å². The van der Waals surface area contributed by atoms with Crippen LogP contribution in [0.1, 0.15) is 63.7 Å². The van der Waals surface area contributed by atoms with Crippen molar-refractivity contribution in [3.63, 3.8) is 0 Å². The van der Waals surface area contributed by atoms with Gasteiger partial charge in [0.25, 0.3) is 0 Å². The van der Waals surface area contributed by atoms with Gasteiger partial charge in [-0.2, -0.15) is 13.2 Å². The third-order valence-electron chi connectivity index (χ3n) is 8.34. The summed E-state index contributed by atoms with van der Waals surface area (Å²) in [6.07, 6.45) is -2.34. The molecule has 12 nitrogen and oxygen atoms in total. The third kappa shape index (κ3) is 9.51. The highest BCUT2D eigenvalue weighted by Gasteiger charge is 2.39. The number of likely N-dealkylation sites (tertiary alicyclic amines) is 1. The molecule has 1 aliphatic heterocycles. The van der Waals surface area contributed by atoms with Crippen LogP contribution in [0.15, 0.2) is 71.8 Å². The molecule has 5 N–H and O–H groups in total. The summed E-state index contributed by atoms with van der Waals surface area (Å²) < 4.78 is 78.9. The Balaban J connectivity index is 0.000000815. The molecule has 5 rings (SSSR count). The first-order valence-electron chi connectivity index (χ1n) is 16.4. The number of nitrogens with two attached hydrogens (primary N) is 1. The van der Waals surface area contributed by atoms with E-state index in [1.165, 1.54) is 31.2 Å². The molecule has 53 heavy (non-hydrogen) atoms. The number of pyridine rings is 1. The number of carbonyl (C=O) groups is 3. The number of anilines is 3. The number of nitrogens with one attached hydrogen (secondary N) is 2. The highest BCUT2D eigenvalue weighted by molar-refractivity contribution is 7.92. The summed E-state index contributed by atoms with van der Waals surface area (Å²) in [5.74, 6) is -3.55. The Hall–Kier alpha value is -5.45. The number of nitrogens with zero attached hydrogens (tertiary/aromatic N) is 2. The SMILES string of the molecule is CCOc1cc(C(Nc2ccc3c(N)nccc3c2)C(=O)N2CCCC2c2cc(NC(C)=O)ccc2S(=O)(=O)C(C)C)ccc1F.O=C(O)C(F)(F)F. The van der Waals surface area contributed by atoms with Crippen LogP contribution in [0, 0.1) is 5.82 Å². The van der Waals surface area contributed by atoms with Crippen LogP contribution in [0.2, 0.25) is 0 Å². The number of ether oxygens (including phenoxy) is 1. The Bertz CT molecular complexity index is 2110. The topological polar surface area (TPSA) is 181 Å². The van der Waals surface area contributed by atoms with Crippen LogP contribution in [0.25, 0.3) is 10.8 Å². The van der Waals surface area contributed by atoms with Crippen LogP contribution in [0.5, 0.6) is 5.75 Å². The zero-order chi connectivity index (χ0) is 39.2. The van der Waals surface area contributed by atoms with E-state index in [2.05, 4.69) is 15.6 Å². The molecule has 2 heterocycles. The van der Waals surface area contributed by atoms with E-state index in [-0.39, 0.29) is 29.1 Å². The van der Waals surface area contributed by atoms with Crippen molar-refractivity contribution in [2.24, 2.45) is 0 Å². The summed E-state index contributed by atoms with van der Waals surface area (Å²) in [6.45, 7) is 6.93. The first kappa shape index (κ1) is 40.3. The van der Waals surface area contributed by atoms with Gasteiger partial charge in [0, 0.05) is 36.4 Å². The zero-order valence-electron chi connectivity index (χ0n) is 29.2. The summed E-state index contributed by atoms with van der Waals surface area (Å²) in [5.41, 5.74) is 8.01. The zero-order valence-corrected chi connectivity index (χ0v) is 30.0. The van der Waals surface area contributed by atoms with E-state index in [0.29, 0.717) is 47.7 Å². The molecule has 0 spiro atoms. The van der Waals surface area contributed by atoms with E-state index in [1.54, 1.807) is 50.1 Å². The van der Waals surface area contributed by atoms with E-state index in [9.17, 15) is 35.6 Å². The first-order chi connectivity index (χ1) is 24.8. The van der Waals surface area contributed by atoms with Crippen molar-refractivity contribution >= 4 is 55.6 Å². The van der Waals surface area contributed by atoms with E-state index in [1.807, 2.05) is 18.2 Å². The van der Waals surface area contributed by atoms with Gasteiger partial charge in [-0.1, -0.05) is 6.07 Å². The number of rotatable bonds is 10. The fourth-order valence-corrected chi connectivity index (χ4v) is 7.12. The molecule has 284 valence electrons. The lowest BCUT2D eigenvalue weighted by atomic mass is 10.0. The first-order valence-corrected chi connectivity index (χ1v) is 18.0. The molecule has 4 aromatic rings. The lowest BCUT2D eigenvalue weighted by molar-refractivity contribution is -0.192. The molecule has 2 atom stereocenters. The molecule has 1 fully saturated rings. The second kappa shape index (κ2) is 16.5. The van der Waals surface area contributed by atoms with Crippen molar-refractivity contribution in [2.75, 3.05) is 29.5 Å². The van der Waals surface area contributed by atoms with Gasteiger partial charge in [0.2, 0.25) is 11.8 Å². The number of fused-ring (bicyclic) bond motifs is 1. The lowest BCUT2D eigenvalue weighted by Gasteiger charge is -2.32. The van der Waals surface area contributed by atoms with Gasteiger partial charge in [-0.05, 0) is 105 Å². The Kier molecular flexibility index (Phi) is 12.5. The van der Waals surface area contributed by atoms with Crippen LogP contribution in [0.4, 0.5) is 34.8 Å². The van der Waals surface area contributed by atoms with Crippen molar-refractivity contribution < 1.29 is 50.2 Å². The number of hydrogen-bond donors (Lipinski definition) is 4. The van der Waals surface area contributed by atoms with Gasteiger partial charge >= 0.3 is 12.1 Å². The largest absolute Gasteiger partial charge is 0.491 e. The Morgan fingerprint density at radius 3 is 2.36 bits per heavy atom. The summed E-state index contributed by atoms with van der Waals surface area (Å²) in [7, 11) is -3.74. The molecule has 2 unspecified atom stereocenters. The second-order valence-electron chi connectivity index (χ2n) is 12.4. The second-order valence-corrected chi connectivity index (χ2v) is 14.8. The van der Waals surface area contributed by atoms with Gasteiger partial charge in [0.05, 0.1) is 22.8 Å². The number of sulfone groups is 1. The number of benzene rings is 3. The van der Waals surface area contributed by atoms with Crippen LogP contribution < -0.4 is 21.1 Å². The number of carboxylic acids is 1. The summed E-state index contributed by atoms with van der Waals surface area (Å²) >= 11 is 0. The normalized spacial score (nSPS) is 15.0. The van der Waals surface area contributed by atoms with Crippen LogP contribution >= 0.6 is 0 Å². The number of aliphatic carboxylic acids is 1. The summed E-state index contributed by atoms with van der Waals surface area (Å²) in [6, 6.07) is 14.7. The molecule has 1 aliphatic rings. The number of hydrogen-bond acceptors (Lipinski definition) is 9. The number of alkyl halides is 3. The van der Waals surface area contributed by atoms with Gasteiger partial charge in [0.15, 0.2) is 21.4 Å². The van der Waals surface area contributed by atoms with Crippen molar-refractivity contribution in [1.29, 1.82) is 0 Å². The molecule has 0 radical (unpaired) electrons. The van der Waals surface area contributed by atoms with E-state index in [4.69, 9.17) is 20.4 Å². The maximum absolute atomic E-state index is 14.6. The molecule has 0 aliphatic carbocycles. The number of aromatic nitrogens is 1. The fraction of sp³-hybridized carbons (Fsp3) is 0.333. The van der Waals surface area contributed by atoms with Crippen LogP contribution in [0.3, 0.4) is 0 Å². The maximum Gasteiger partial charge on any atom is 0.490 e. The number of halogens is 4. The molecule has 2 amide bonds. The fourth-order valence-electron chi connectivity index (χ4n) is 5.83. The van der Waals surface area contributed by atoms with Crippen molar-refractivity contribution in [2.45, 2.75) is 68.9 Å². The minimum absolute atomic E-state index is 0.0169. The van der Waals surface area contributed by atoms with Crippen molar-refractivity contribution in [3.8, 4) is 5.75 Å². The van der Waals surface area contributed by atoms with Gasteiger partial charge in [0.1, 0.15) is 11.9 Å². The molecule has 0 bridgehead atoms. The lowest BCUT2D eigenvalue weighted by Crippen LogP contribution is -2.38. The van der Waals surface area contributed by atoms with Crippen LogP contribution in [-0.2, 0) is 24.2 Å². The predicted octanol–water partition coefficient (Wildman–Crippen LogP) is 6.65. The average molecular weight is 762 g/mol. The highest BCUT2D eigenvalue weighted by atomic mass is 32.2. The molecule has 3 aromatic carbocycles. The smallest absolute Gasteiger partial charge is 0.490 e. The van der Waals surface area contributed by atoms with Gasteiger partial charge in [-0.15, -0.1) is 0 Å². The van der Waals surface area contributed by atoms with Gasteiger partial charge in [-0.25, -0.2) is 22.6 Å². The van der Waals surface area contributed by atoms with Gasteiger partial charge < -0.3 is 31.1 Å². The molecule has 1 saturated heterocycles. The third-order valence-corrected chi connectivity index (χ3v) is 10.6.